The number of morpholine rings is 1. The van der Waals surface area contributed by atoms with E-state index in [9.17, 15) is 0 Å². The van der Waals surface area contributed by atoms with Gasteiger partial charge in [0.25, 0.3) is 0 Å². The molecule has 1 saturated heterocycles. The van der Waals surface area contributed by atoms with Crippen LogP contribution in [0, 0.1) is 6.92 Å². The summed E-state index contributed by atoms with van der Waals surface area (Å²) in [6.45, 7) is 8.11. The summed E-state index contributed by atoms with van der Waals surface area (Å²) in [5, 5.41) is 15.1. The summed E-state index contributed by atoms with van der Waals surface area (Å²) in [7, 11) is 0. The average molecular weight is 292 g/mol. The summed E-state index contributed by atoms with van der Waals surface area (Å²) in [4.78, 5) is 6.71. The number of hydrogen-bond acceptors (Lipinski definition) is 7. The Bertz CT molecular complexity index is 595. The number of hydrogen-bond donors (Lipinski definition) is 1. The average Bonchev–Trinajstić information content (AvgIpc) is 3.07. The molecule has 0 bridgehead atoms. The number of aryl methyl sites for hydroxylation is 2. The highest BCUT2D eigenvalue weighted by Gasteiger charge is 2.30. The second-order valence-corrected chi connectivity index (χ2v) is 5.34. The van der Waals surface area contributed by atoms with Crippen molar-refractivity contribution in [3.05, 3.63) is 23.4 Å². The van der Waals surface area contributed by atoms with Crippen LogP contribution in [-0.2, 0) is 17.7 Å². The standard InChI is InChI=1S/C13H20N6O2/c1-4-11-14-12(17-16-11)7-19-5-8(2)20-10(6-19)13-18-15-9(3)21-13/h8,10H,4-7H2,1-3H3,(H,14,16,17)/t8-,10-/m1/s1. The molecule has 1 aliphatic rings. The van der Waals surface area contributed by atoms with Crippen molar-refractivity contribution in [2.45, 2.75) is 45.9 Å². The summed E-state index contributed by atoms with van der Waals surface area (Å²) in [5.74, 6) is 2.81. The van der Waals surface area contributed by atoms with E-state index in [1.807, 2.05) is 13.8 Å². The van der Waals surface area contributed by atoms with Crippen LogP contribution < -0.4 is 0 Å². The van der Waals surface area contributed by atoms with Crippen molar-refractivity contribution in [2.24, 2.45) is 0 Å². The quantitative estimate of drug-likeness (QED) is 0.899. The van der Waals surface area contributed by atoms with Gasteiger partial charge in [0.2, 0.25) is 11.8 Å². The maximum atomic E-state index is 5.90. The molecular formula is C13H20N6O2. The molecule has 3 heterocycles. The van der Waals surface area contributed by atoms with Gasteiger partial charge in [-0.05, 0) is 6.92 Å². The van der Waals surface area contributed by atoms with Crippen molar-refractivity contribution in [2.75, 3.05) is 13.1 Å². The van der Waals surface area contributed by atoms with Crippen LogP contribution in [0.25, 0.3) is 0 Å². The van der Waals surface area contributed by atoms with Crippen molar-refractivity contribution in [3.8, 4) is 0 Å². The first-order valence-corrected chi connectivity index (χ1v) is 7.22. The first-order chi connectivity index (χ1) is 10.1. The lowest BCUT2D eigenvalue weighted by Gasteiger charge is -2.34. The molecule has 2 atom stereocenters. The number of H-pyrrole nitrogens is 1. The van der Waals surface area contributed by atoms with E-state index < -0.39 is 0 Å². The molecule has 1 N–H and O–H groups in total. The summed E-state index contributed by atoms with van der Waals surface area (Å²) in [6, 6.07) is 0. The second kappa shape index (κ2) is 5.90. The lowest BCUT2D eigenvalue weighted by atomic mass is 10.2. The molecule has 0 unspecified atom stereocenters. The normalized spacial score (nSPS) is 23.6. The van der Waals surface area contributed by atoms with Crippen LogP contribution in [0.1, 0.15) is 43.4 Å². The van der Waals surface area contributed by atoms with Gasteiger partial charge < -0.3 is 9.15 Å². The minimum Gasteiger partial charge on any atom is -0.423 e. The molecule has 3 rings (SSSR count). The molecule has 0 spiro atoms. The van der Waals surface area contributed by atoms with E-state index in [0.29, 0.717) is 24.9 Å². The van der Waals surface area contributed by atoms with Gasteiger partial charge in [0.15, 0.2) is 0 Å². The number of nitrogens with one attached hydrogen (secondary N) is 1. The maximum Gasteiger partial charge on any atom is 0.246 e. The lowest BCUT2D eigenvalue weighted by molar-refractivity contribution is -0.0922. The van der Waals surface area contributed by atoms with Crippen molar-refractivity contribution >= 4 is 0 Å². The van der Waals surface area contributed by atoms with Crippen LogP contribution in [0.3, 0.4) is 0 Å². The molecule has 0 radical (unpaired) electrons. The molecule has 8 heteroatoms. The SMILES string of the molecule is CCc1n[nH]c(CN2C[C@@H](C)O[C@@H](c3nnc(C)o3)C2)n1. The van der Waals surface area contributed by atoms with Crippen molar-refractivity contribution < 1.29 is 9.15 Å². The molecule has 21 heavy (non-hydrogen) atoms. The summed E-state index contributed by atoms with van der Waals surface area (Å²) < 4.78 is 11.4. The molecule has 1 aliphatic heterocycles. The van der Waals surface area contributed by atoms with Crippen LogP contribution in [0.2, 0.25) is 0 Å². The van der Waals surface area contributed by atoms with Crippen molar-refractivity contribution in [3.63, 3.8) is 0 Å². The Morgan fingerprint density at radius 2 is 2.19 bits per heavy atom. The fourth-order valence-electron chi connectivity index (χ4n) is 2.52. The smallest absolute Gasteiger partial charge is 0.246 e. The van der Waals surface area contributed by atoms with Gasteiger partial charge >= 0.3 is 0 Å². The van der Waals surface area contributed by atoms with E-state index in [4.69, 9.17) is 9.15 Å². The highest BCUT2D eigenvalue weighted by Crippen LogP contribution is 2.24. The Kier molecular flexibility index (Phi) is 3.98. The third-order valence-corrected chi connectivity index (χ3v) is 3.42. The molecule has 8 nitrogen and oxygen atoms in total. The molecule has 0 aromatic carbocycles. The Hall–Kier alpha value is -1.80. The minimum absolute atomic E-state index is 0.101. The summed E-state index contributed by atoms with van der Waals surface area (Å²) in [5.41, 5.74) is 0. The fraction of sp³-hybridized carbons (Fsp3) is 0.692. The first-order valence-electron chi connectivity index (χ1n) is 7.22. The second-order valence-electron chi connectivity index (χ2n) is 5.34. The van der Waals surface area contributed by atoms with Gasteiger partial charge in [0, 0.05) is 26.4 Å². The van der Waals surface area contributed by atoms with Crippen LogP contribution in [0.5, 0.6) is 0 Å². The Balaban J connectivity index is 1.68. The molecule has 0 aliphatic carbocycles. The van der Waals surface area contributed by atoms with Gasteiger partial charge in [-0.15, -0.1) is 10.2 Å². The highest BCUT2D eigenvalue weighted by molar-refractivity contribution is 4.94. The van der Waals surface area contributed by atoms with Crippen molar-refractivity contribution in [1.29, 1.82) is 0 Å². The molecule has 0 amide bonds. The van der Waals surface area contributed by atoms with Crippen LogP contribution in [0.4, 0.5) is 0 Å². The zero-order chi connectivity index (χ0) is 14.8. The maximum absolute atomic E-state index is 5.90. The van der Waals surface area contributed by atoms with Crippen LogP contribution in [0.15, 0.2) is 4.42 Å². The number of aromatic nitrogens is 5. The van der Waals surface area contributed by atoms with Crippen LogP contribution >= 0.6 is 0 Å². The van der Waals surface area contributed by atoms with E-state index in [2.05, 4.69) is 30.3 Å². The molecule has 1 fully saturated rings. The zero-order valence-electron chi connectivity index (χ0n) is 12.5. The number of aromatic amines is 1. The number of nitrogens with zero attached hydrogens (tertiary/aromatic N) is 5. The monoisotopic (exact) mass is 292 g/mol. The van der Waals surface area contributed by atoms with Crippen molar-refractivity contribution in [1.82, 2.24) is 30.3 Å². The van der Waals surface area contributed by atoms with E-state index in [1.165, 1.54) is 0 Å². The van der Waals surface area contributed by atoms with Gasteiger partial charge in [0.1, 0.15) is 17.8 Å². The third-order valence-electron chi connectivity index (χ3n) is 3.42. The molecule has 2 aromatic heterocycles. The number of rotatable bonds is 4. The van der Waals surface area contributed by atoms with E-state index in [-0.39, 0.29) is 12.2 Å². The van der Waals surface area contributed by atoms with Gasteiger partial charge in [-0.25, -0.2) is 4.98 Å². The van der Waals surface area contributed by atoms with E-state index >= 15 is 0 Å². The van der Waals surface area contributed by atoms with Gasteiger partial charge in [-0.2, -0.15) is 5.10 Å². The number of ether oxygens (including phenoxy) is 1. The Morgan fingerprint density at radius 3 is 2.86 bits per heavy atom. The highest BCUT2D eigenvalue weighted by atomic mass is 16.5. The minimum atomic E-state index is -0.191. The van der Waals surface area contributed by atoms with Gasteiger partial charge in [-0.3, -0.25) is 10.00 Å². The molecule has 114 valence electrons. The predicted molar refractivity (Wildman–Crippen MR) is 73.4 cm³/mol. The predicted octanol–water partition coefficient (Wildman–Crippen LogP) is 1.02. The summed E-state index contributed by atoms with van der Waals surface area (Å²) in [6.07, 6.45) is 0.743. The Morgan fingerprint density at radius 1 is 1.33 bits per heavy atom. The van der Waals surface area contributed by atoms with Gasteiger partial charge in [-0.1, -0.05) is 6.92 Å². The first kappa shape index (κ1) is 14.2. The molecule has 2 aromatic rings. The fourth-order valence-corrected chi connectivity index (χ4v) is 2.52. The molecule has 0 saturated carbocycles. The van der Waals surface area contributed by atoms with E-state index in [1.54, 1.807) is 6.92 Å². The zero-order valence-corrected chi connectivity index (χ0v) is 12.5. The van der Waals surface area contributed by atoms with E-state index in [0.717, 1.165) is 24.6 Å². The Labute approximate surface area is 122 Å². The third kappa shape index (κ3) is 3.27. The molecular weight excluding hydrogens is 272 g/mol. The topological polar surface area (TPSA) is 93.0 Å². The van der Waals surface area contributed by atoms with Gasteiger partial charge in [0.05, 0.1) is 12.6 Å². The summed E-state index contributed by atoms with van der Waals surface area (Å²) >= 11 is 0. The van der Waals surface area contributed by atoms with Crippen LogP contribution in [-0.4, -0.2) is 49.5 Å². The lowest BCUT2D eigenvalue weighted by Crippen LogP contribution is -2.42. The largest absolute Gasteiger partial charge is 0.423 e.